The Hall–Kier alpha value is -2.08. The van der Waals surface area contributed by atoms with Gasteiger partial charge in [-0.05, 0) is 16.2 Å². The van der Waals surface area contributed by atoms with Gasteiger partial charge in [0, 0.05) is 18.6 Å². The smallest absolute Gasteiger partial charge is 0.364 e. The van der Waals surface area contributed by atoms with Crippen LogP contribution in [0.5, 0.6) is 0 Å². The Kier molecular flexibility index (Phi) is 7.73. The molecule has 1 N–H and O–H groups in total. The van der Waals surface area contributed by atoms with Crippen LogP contribution in [0, 0.1) is 0 Å². The minimum atomic E-state index is -0.945. The van der Waals surface area contributed by atoms with Gasteiger partial charge >= 0.3 is 5.97 Å². The van der Waals surface area contributed by atoms with Gasteiger partial charge in [0.05, 0.1) is 5.22 Å². The Balaban J connectivity index is 1.84. The maximum Gasteiger partial charge on any atom is 0.364 e. The lowest BCUT2D eigenvalue weighted by Crippen LogP contribution is -2.41. The highest BCUT2D eigenvalue weighted by atomic mass is 16.4. The summed E-state index contributed by atoms with van der Waals surface area (Å²) in [6.07, 6.45) is 10.7. The molecule has 6 heteroatoms. The number of amidine groups is 1. The van der Waals surface area contributed by atoms with Crippen molar-refractivity contribution >= 4 is 17.5 Å². The van der Waals surface area contributed by atoms with Gasteiger partial charge in [0.2, 0.25) is 12.4 Å². The SMILES string of the molecule is CCCCCCCCCCC1=N[N+](CC(=O)O)(c2ccccc2)N=N1. The lowest BCUT2D eigenvalue weighted by atomic mass is 10.1. The standard InChI is InChI=1S/C19H28N4O2/c1-2-3-4-5-6-7-8-12-15-18-20-22-23(21-18,16-19(24)25)17-13-10-9-11-14-17/h9-11,13-14H,2-8,12,15-16H2,1H3/p+1. The van der Waals surface area contributed by atoms with Crippen LogP contribution in [0.1, 0.15) is 64.7 Å². The molecule has 0 aromatic heterocycles. The van der Waals surface area contributed by atoms with Gasteiger partial charge in [-0.1, -0.05) is 75.2 Å². The quantitative estimate of drug-likeness (QED) is 0.412. The second-order valence-corrected chi connectivity index (χ2v) is 6.55. The first-order chi connectivity index (χ1) is 12.2. The average molecular weight is 345 g/mol. The number of hydrogen-bond donors (Lipinski definition) is 1. The van der Waals surface area contributed by atoms with Crippen LogP contribution in [-0.2, 0) is 4.79 Å². The molecular formula is C19H29N4O2+. The van der Waals surface area contributed by atoms with Crippen molar-refractivity contribution in [1.82, 2.24) is 4.70 Å². The van der Waals surface area contributed by atoms with Gasteiger partial charge < -0.3 is 5.11 Å². The summed E-state index contributed by atoms with van der Waals surface area (Å²) in [7, 11) is 0. The number of hydrogen-bond acceptors (Lipinski definition) is 4. The predicted octanol–water partition coefficient (Wildman–Crippen LogP) is 5.30. The number of nitrogens with zero attached hydrogens (tertiary/aromatic N) is 4. The van der Waals surface area contributed by atoms with Crippen LogP contribution in [-0.4, -0.2) is 23.5 Å². The number of rotatable bonds is 12. The van der Waals surface area contributed by atoms with Crippen molar-refractivity contribution in [2.75, 3.05) is 6.54 Å². The molecule has 0 radical (unpaired) electrons. The van der Waals surface area contributed by atoms with Crippen LogP contribution in [0.3, 0.4) is 0 Å². The topological polar surface area (TPSA) is 74.4 Å². The van der Waals surface area contributed by atoms with E-state index in [1.54, 1.807) is 0 Å². The zero-order valence-corrected chi connectivity index (χ0v) is 15.1. The lowest BCUT2D eigenvalue weighted by Gasteiger charge is -2.18. The zero-order valence-electron chi connectivity index (χ0n) is 15.1. The monoisotopic (exact) mass is 345 g/mol. The predicted molar refractivity (Wildman–Crippen MR) is 100 cm³/mol. The van der Waals surface area contributed by atoms with Gasteiger partial charge in [0.25, 0.3) is 0 Å². The summed E-state index contributed by atoms with van der Waals surface area (Å²) in [5.41, 5.74) is 0.722. The van der Waals surface area contributed by atoms with E-state index in [2.05, 4.69) is 22.4 Å². The number of carboxylic acid groups (broad SMARTS) is 1. The van der Waals surface area contributed by atoms with Crippen LogP contribution in [0.2, 0.25) is 0 Å². The molecular weight excluding hydrogens is 316 g/mol. The number of benzene rings is 1. The molecule has 1 aromatic carbocycles. The molecule has 6 nitrogen and oxygen atoms in total. The number of carboxylic acids is 1. The molecule has 0 aliphatic carbocycles. The highest BCUT2D eigenvalue weighted by molar-refractivity contribution is 5.85. The van der Waals surface area contributed by atoms with Gasteiger partial charge in [-0.15, -0.1) is 0 Å². The van der Waals surface area contributed by atoms with E-state index in [0.29, 0.717) is 5.84 Å². The normalized spacial score (nSPS) is 19.2. The fourth-order valence-corrected chi connectivity index (χ4v) is 3.00. The average Bonchev–Trinajstić information content (AvgIpc) is 3.01. The summed E-state index contributed by atoms with van der Waals surface area (Å²) in [6.45, 7) is 2.00. The molecule has 0 amide bonds. The first kappa shape index (κ1) is 19.2. The Bertz CT molecular complexity index is 601. The van der Waals surface area contributed by atoms with Crippen molar-refractivity contribution in [2.24, 2.45) is 15.4 Å². The van der Waals surface area contributed by atoms with Crippen molar-refractivity contribution in [3.8, 4) is 0 Å². The molecule has 1 aliphatic rings. The van der Waals surface area contributed by atoms with Crippen molar-refractivity contribution in [1.29, 1.82) is 0 Å². The first-order valence-corrected chi connectivity index (χ1v) is 9.34. The Morgan fingerprint density at radius 2 is 1.64 bits per heavy atom. The minimum absolute atomic E-state index is 0.228. The molecule has 1 unspecified atom stereocenters. The van der Waals surface area contributed by atoms with Crippen LogP contribution < -0.4 is 4.70 Å². The van der Waals surface area contributed by atoms with E-state index in [1.807, 2.05) is 30.3 Å². The van der Waals surface area contributed by atoms with Crippen molar-refractivity contribution in [2.45, 2.75) is 64.7 Å². The van der Waals surface area contributed by atoms with Crippen molar-refractivity contribution < 1.29 is 9.90 Å². The Labute approximate surface area is 149 Å². The summed E-state index contributed by atoms with van der Waals surface area (Å²) in [5.74, 6) is -0.295. The Morgan fingerprint density at radius 3 is 2.28 bits per heavy atom. The van der Waals surface area contributed by atoms with Crippen LogP contribution >= 0.6 is 0 Å². The number of aliphatic carboxylic acids is 1. The molecule has 0 saturated heterocycles. The Morgan fingerprint density at radius 1 is 1.00 bits per heavy atom. The molecule has 1 atom stereocenters. The van der Waals surface area contributed by atoms with Crippen molar-refractivity contribution in [3.05, 3.63) is 30.3 Å². The van der Waals surface area contributed by atoms with E-state index in [9.17, 15) is 9.90 Å². The third-order valence-corrected chi connectivity index (χ3v) is 4.37. The minimum Gasteiger partial charge on any atom is -0.477 e. The van der Waals surface area contributed by atoms with E-state index < -0.39 is 5.97 Å². The molecule has 1 aromatic rings. The highest BCUT2D eigenvalue weighted by Crippen LogP contribution is 2.29. The summed E-state index contributed by atoms with van der Waals surface area (Å²) in [6, 6.07) is 9.28. The molecule has 1 heterocycles. The van der Waals surface area contributed by atoms with Gasteiger partial charge in [0.15, 0.2) is 5.69 Å². The molecule has 0 saturated carbocycles. The fourth-order valence-electron chi connectivity index (χ4n) is 3.00. The zero-order chi connectivity index (χ0) is 18.0. The molecule has 2 rings (SSSR count). The maximum atomic E-state index is 11.3. The third kappa shape index (κ3) is 6.05. The molecule has 0 fully saturated rings. The molecule has 136 valence electrons. The van der Waals surface area contributed by atoms with Crippen LogP contribution in [0.25, 0.3) is 0 Å². The van der Waals surface area contributed by atoms with E-state index in [0.717, 1.165) is 24.9 Å². The van der Waals surface area contributed by atoms with E-state index in [1.165, 1.54) is 38.5 Å². The second kappa shape index (κ2) is 10.0. The number of para-hydroxylation sites is 1. The largest absolute Gasteiger partial charge is 0.477 e. The van der Waals surface area contributed by atoms with Gasteiger partial charge in [0.1, 0.15) is 0 Å². The van der Waals surface area contributed by atoms with E-state index >= 15 is 0 Å². The highest BCUT2D eigenvalue weighted by Gasteiger charge is 2.40. The first-order valence-electron chi connectivity index (χ1n) is 9.34. The molecule has 25 heavy (non-hydrogen) atoms. The van der Waals surface area contributed by atoms with E-state index in [-0.39, 0.29) is 11.2 Å². The summed E-state index contributed by atoms with van der Waals surface area (Å²) < 4.78 is -0.317. The van der Waals surface area contributed by atoms with Gasteiger partial charge in [-0.3, -0.25) is 0 Å². The molecule has 1 aliphatic heterocycles. The fraction of sp³-hybridized carbons (Fsp3) is 0.579. The second-order valence-electron chi connectivity index (χ2n) is 6.55. The van der Waals surface area contributed by atoms with Crippen LogP contribution in [0.4, 0.5) is 5.69 Å². The lowest BCUT2D eigenvalue weighted by molar-refractivity contribution is -0.138. The number of unbranched alkanes of at least 4 members (excludes halogenated alkanes) is 7. The molecule has 0 spiro atoms. The third-order valence-electron chi connectivity index (χ3n) is 4.37. The van der Waals surface area contributed by atoms with E-state index in [4.69, 9.17) is 0 Å². The maximum absolute atomic E-state index is 11.3. The molecule has 0 bridgehead atoms. The van der Waals surface area contributed by atoms with Gasteiger partial charge in [-0.2, -0.15) is 0 Å². The van der Waals surface area contributed by atoms with Crippen molar-refractivity contribution in [3.63, 3.8) is 0 Å². The summed E-state index contributed by atoms with van der Waals surface area (Å²) in [4.78, 5) is 11.3. The summed E-state index contributed by atoms with van der Waals surface area (Å²) in [5, 5.41) is 22.1. The summed E-state index contributed by atoms with van der Waals surface area (Å²) >= 11 is 0. The van der Waals surface area contributed by atoms with Crippen LogP contribution in [0.15, 0.2) is 45.8 Å². The number of quaternary nitrogens is 1. The number of carbonyl (C=O) groups is 1. The van der Waals surface area contributed by atoms with Gasteiger partial charge in [-0.25, -0.2) is 4.79 Å².